The first-order chi connectivity index (χ1) is 13.5. The van der Waals surface area contributed by atoms with E-state index >= 15 is 0 Å². The number of anilines is 1. The van der Waals surface area contributed by atoms with Crippen molar-refractivity contribution in [3.05, 3.63) is 60.4 Å². The molecule has 0 bridgehead atoms. The maximum Gasteiger partial charge on any atom is 0.293 e. The number of carbonyl (C=O) groups excluding carboxylic acids is 1. The Bertz CT molecular complexity index is 1110. The van der Waals surface area contributed by atoms with Crippen LogP contribution in [0.2, 0.25) is 0 Å². The molecule has 0 aliphatic carbocycles. The van der Waals surface area contributed by atoms with Gasteiger partial charge in [0.05, 0.1) is 5.69 Å². The van der Waals surface area contributed by atoms with Gasteiger partial charge in [0.2, 0.25) is 5.09 Å². The fourth-order valence-corrected chi connectivity index (χ4v) is 5.01. The summed E-state index contributed by atoms with van der Waals surface area (Å²) in [6.07, 6.45) is 2.72. The molecule has 146 valence electrons. The average Bonchev–Trinajstić information content (AvgIpc) is 3.24. The molecule has 1 aromatic heterocycles. The highest BCUT2D eigenvalue weighted by molar-refractivity contribution is 7.89. The summed E-state index contributed by atoms with van der Waals surface area (Å²) in [5.41, 5.74) is 0.736. The van der Waals surface area contributed by atoms with Crippen LogP contribution in [0.5, 0.6) is 0 Å². The van der Waals surface area contributed by atoms with Crippen LogP contribution < -0.4 is 4.90 Å². The zero-order valence-corrected chi connectivity index (χ0v) is 16.5. The Balaban J connectivity index is 1.62. The van der Waals surface area contributed by atoms with Gasteiger partial charge in [-0.25, -0.2) is 8.42 Å². The van der Waals surface area contributed by atoms with Crippen molar-refractivity contribution in [2.45, 2.75) is 24.4 Å². The molecule has 2 heterocycles. The van der Waals surface area contributed by atoms with Crippen molar-refractivity contribution >= 4 is 32.4 Å². The molecule has 1 fully saturated rings. The van der Waals surface area contributed by atoms with Gasteiger partial charge >= 0.3 is 0 Å². The number of amides is 1. The van der Waals surface area contributed by atoms with Gasteiger partial charge in [0, 0.05) is 25.5 Å². The van der Waals surface area contributed by atoms with Crippen molar-refractivity contribution in [2.75, 3.05) is 25.0 Å². The number of furan rings is 1. The number of benzene rings is 2. The largest absolute Gasteiger partial charge is 0.438 e. The van der Waals surface area contributed by atoms with E-state index in [0.717, 1.165) is 35.7 Å². The van der Waals surface area contributed by atoms with E-state index in [0.29, 0.717) is 13.1 Å². The van der Waals surface area contributed by atoms with Crippen LogP contribution in [0.25, 0.3) is 10.8 Å². The van der Waals surface area contributed by atoms with Crippen molar-refractivity contribution in [3.63, 3.8) is 0 Å². The van der Waals surface area contributed by atoms with Crippen LogP contribution in [0.15, 0.2) is 64.1 Å². The summed E-state index contributed by atoms with van der Waals surface area (Å²) in [6, 6.07) is 16.3. The molecule has 1 aliphatic rings. The summed E-state index contributed by atoms with van der Waals surface area (Å²) in [6.45, 7) is 0.977. The molecule has 0 N–H and O–H groups in total. The predicted molar refractivity (Wildman–Crippen MR) is 108 cm³/mol. The van der Waals surface area contributed by atoms with Gasteiger partial charge in [-0.05, 0) is 36.4 Å². The predicted octanol–water partition coefficient (Wildman–Crippen LogP) is 3.88. The first kappa shape index (κ1) is 18.7. The number of rotatable bonds is 4. The van der Waals surface area contributed by atoms with E-state index in [1.807, 2.05) is 42.5 Å². The zero-order chi connectivity index (χ0) is 19.7. The lowest BCUT2D eigenvalue weighted by atomic mass is 10.1. The maximum atomic E-state index is 12.9. The zero-order valence-electron chi connectivity index (χ0n) is 15.7. The van der Waals surface area contributed by atoms with Crippen LogP contribution in [0, 0.1) is 0 Å². The van der Waals surface area contributed by atoms with Crippen LogP contribution in [0.1, 0.15) is 29.8 Å². The molecule has 0 saturated carbocycles. The fourth-order valence-electron chi connectivity index (χ4n) is 3.58. The summed E-state index contributed by atoms with van der Waals surface area (Å²) in [7, 11) is -2.05. The van der Waals surface area contributed by atoms with Crippen molar-refractivity contribution < 1.29 is 17.6 Å². The molecule has 0 unspecified atom stereocenters. The molecular weight excluding hydrogens is 376 g/mol. The van der Waals surface area contributed by atoms with Crippen molar-refractivity contribution in [2.24, 2.45) is 0 Å². The first-order valence-corrected chi connectivity index (χ1v) is 10.8. The SMILES string of the molecule is CN(C(=O)c1ccc(S(=O)(=O)N2CCCCC2)o1)c1cccc2ccccc12. The standard InChI is InChI=1S/C21H22N2O4S/c1-22(18-11-7-9-16-8-3-4-10-17(16)18)21(24)19-12-13-20(27-19)28(25,26)23-14-5-2-6-15-23/h3-4,7-13H,2,5-6,14-15H2,1H3. The lowest BCUT2D eigenvalue weighted by Gasteiger charge is -2.24. The topological polar surface area (TPSA) is 70.8 Å². The fraction of sp³-hybridized carbons (Fsp3) is 0.286. The van der Waals surface area contributed by atoms with E-state index in [1.54, 1.807) is 7.05 Å². The second kappa shape index (κ2) is 7.41. The Morgan fingerprint density at radius 2 is 1.68 bits per heavy atom. The summed E-state index contributed by atoms with van der Waals surface area (Å²) < 4.78 is 32.4. The number of sulfonamides is 1. The van der Waals surface area contributed by atoms with Gasteiger partial charge in [-0.2, -0.15) is 4.31 Å². The molecule has 4 rings (SSSR count). The minimum atomic E-state index is -3.70. The molecule has 1 amide bonds. The monoisotopic (exact) mass is 398 g/mol. The number of hydrogen-bond acceptors (Lipinski definition) is 4. The third kappa shape index (κ3) is 3.31. The van der Waals surface area contributed by atoms with Gasteiger partial charge in [-0.1, -0.05) is 42.8 Å². The number of fused-ring (bicyclic) bond motifs is 1. The van der Waals surface area contributed by atoms with Gasteiger partial charge in [-0.3, -0.25) is 4.79 Å². The molecule has 28 heavy (non-hydrogen) atoms. The second-order valence-corrected chi connectivity index (χ2v) is 8.81. The summed E-state index contributed by atoms with van der Waals surface area (Å²) in [5.74, 6) is -0.387. The Morgan fingerprint density at radius 3 is 2.46 bits per heavy atom. The van der Waals surface area contributed by atoms with Crippen LogP contribution >= 0.6 is 0 Å². The minimum Gasteiger partial charge on any atom is -0.438 e. The third-order valence-corrected chi connectivity index (χ3v) is 6.91. The number of hydrogen-bond donors (Lipinski definition) is 0. The molecular formula is C21H22N2O4S. The van der Waals surface area contributed by atoms with Crippen LogP contribution in [0.4, 0.5) is 5.69 Å². The first-order valence-electron chi connectivity index (χ1n) is 9.34. The summed E-state index contributed by atoms with van der Waals surface area (Å²) in [5, 5.41) is 1.78. The Hall–Kier alpha value is -2.64. The summed E-state index contributed by atoms with van der Waals surface area (Å²) >= 11 is 0. The van der Waals surface area contributed by atoms with Crippen LogP contribution in [-0.4, -0.2) is 38.8 Å². The normalized spacial score (nSPS) is 15.6. The Kier molecular flexibility index (Phi) is 4.95. The molecule has 2 aromatic carbocycles. The van der Waals surface area contributed by atoms with Crippen molar-refractivity contribution in [1.29, 1.82) is 0 Å². The number of nitrogens with zero attached hydrogens (tertiary/aromatic N) is 2. The van der Waals surface area contributed by atoms with E-state index in [-0.39, 0.29) is 10.9 Å². The van der Waals surface area contributed by atoms with Crippen molar-refractivity contribution in [3.8, 4) is 0 Å². The smallest absolute Gasteiger partial charge is 0.293 e. The Labute approximate surface area is 164 Å². The molecule has 0 atom stereocenters. The highest BCUT2D eigenvalue weighted by Crippen LogP contribution is 2.28. The van der Waals surface area contributed by atoms with E-state index in [2.05, 4.69) is 0 Å². The van der Waals surface area contributed by atoms with Gasteiger partial charge in [0.25, 0.3) is 15.9 Å². The quantitative estimate of drug-likeness (QED) is 0.669. The van der Waals surface area contributed by atoms with Crippen molar-refractivity contribution in [1.82, 2.24) is 4.31 Å². The van der Waals surface area contributed by atoms with Gasteiger partial charge in [0.15, 0.2) is 5.76 Å². The third-order valence-electron chi connectivity index (χ3n) is 5.13. The lowest BCUT2D eigenvalue weighted by Crippen LogP contribution is -2.35. The van der Waals surface area contributed by atoms with Gasteiger partial charge in [0.1, 0.15) is 0 Å². The number of piperidine rings is 1. The van der Waals surface area contributed by atoms with Crippen LogP contribution in [0.3, 0.4) is 0 Å². The number of carbonyl (C=O) groups is 1. The summed E-state index contributed by atoms with van der Waals surface area (Å²) in [4.78, 5) is 14.4. The minimum absolute atomic E-state index is 0.00557. The highest BCUT2D eigenvalue weighted by atomic mass is 32.2. The molecule has 1 aliphatic heterocycles. The molecule has 7 heteroatoms. The molecule has 0 radical (unpaired) electrons. The lowest BCUT2D eigenvalue weighted by molar-refractivity contribution is 0.0961. The highest BCUT2D eigenvalue weighted by Gasteiger charge is 2.30. The molecule has 0 spiro atoms. The van der Waals surface area contributed by atoms with E-state index in [9.17, 15) is 13.2 Å². The maximum absolute atomic E-state index is 12.9. The van der Waals surface area contributed by atoms with E-state index in [4.69, 9.17) is 4.42 Å². The molecule has 1 saturated heterocycles. The average molecular weight is 398 g/mol. The van der Waals surface area contributed by atoms with Crippen LogP contribution in [-0.2, 0) is 10.0 Å². The Morgan fingerprint density at radius 1 is 0.964 bits per heavy atom. The van der Waals surface area contributed by atoms with E-state index in [1.165, 1.54) is 21.3 Å². The van der Waals surface area contributed by atoms with Gasteiger partial charge in [-0.15, -0.1) is 0 Å². The van der Waals surface area contributed by atoms with Gasteiger partial charge < -0.3 is 9.32 Å². The molecule has 3 aromatic rings. The molecule has 6 nitrogen and oxygen atoms in total. The second-order valence-electron chi connectivity index (χ2n) is 6.95. The van der Waals surface area contributed by atoms with E-state index < -0.39 is 15.9 Å².